The average Bonchev–Trinajstić information content (AvgIpc) is 2.59. The van der Waals surface area contributed by atoms with E-state index >= 15 is 0 Å². The van der Waals surface area contributed by atoms with Gasteiger partial charge in [-0.15, -0.1) is 0 Å². The van der Waals surface area contributed by atoms with E-state index in [9.17, 15) is 14.9 Å². The number of hydrogen-bond donors (Lipinski definition) is 2. The summed E-state index contributed by atoms with van der Waals surface area (Å²) in [5.74, 6) is 1.41. The lowest BCUT2D eigenvalue weighted by molar-refractivity contribution is -0.384. The molecule has 2 aliphatic rings. The van der Waals surface area contributed by atoms with Crippen LogP contribution in [-0.2, 0) is 11.3 Å². The van der Waals surface area contributed by atoms with Crippen molar-refractivity contribution in [3.8, 4) is 5.75 Å². The number of nitrogens with zero attached hydrogens (tertiary/aromatic N) is 1. The van der Waals surface area contributed by atoms with Gasteiger partial charge in [0, 0.05) is 36.2 Å². The van der Waals surface area contributed by atoms with Crippen LogP contribution in [0.2, 0.25) is 0 Å². The number of hydrogen-bond acceptors (Lipinski definition) is 5. The molecule has 2 unspecified atom stereocenters. The minimum atomic E-state index is -0.450. The smallest absolute Gasteiger partial charge is 0.270 e. The zero-order valence-electron chi connectivity index (χ0n) is 14.4. The Kier molecular flexibility index (Phi) is 5.22. The lowest BCUT2D eigenvalue weighted by atomic mass is 9.65. The average molecular weight is 347 g/mol. The van der Waals surface area contributed by atoms with Crippen molar-refractivity contribution in [2.45, 2.75) is 44.7 Å². The minimum absolute atomic E-state index is 0.0109. The second-order valence-corrected chi connectivity index (χ2v) is 7.17. The molecule has 0 radical (unpaired) electrons. The van der Waals surface area contributed by atoms with Gasteiger partial charge in [-0.05, 0) is 43.6 Å². The van der Waals surface area contributed by atoms with Crippen LogP contribution in [0.5, 0.6) is 5.75 Å². The van der Waals surface area contributed by atoms with Gasteiger partial charge in [0.15, 0.2) is 0 Å². The van der Waals surface area contributed by atoms with Crippen LogP contribution in [0.4, 0.5) is 5.69 Å². The summed E-state index contributed by atoms with van der Waals surface area (Å²) in [5, 5.41) is 13.9. The molecule has 0 aromatic heterocycles. The number of nitro benzene ring substituents is 1. The minimum Gasteiger partial charge on any atom is -0.496 e. The van der Waals surface area contributed by atoms with Gasteiger partial charge in [-0.25, -0.2) is 0 Å². The predicted molar refractivity (Wildman–Crippen MR) is 93.0 cm³/mol. The van der Waals surface area contributed by atoms with E-state index in [1.54, 1.807) is 6.07 Å². The summed E-state index contributed by atoms with van der Waals surface area (Å²) in [7, 11) is 1.51. The number of carbonyl (C=O) groups is 1. The molecule has 7 nitrogen and oxygen atoms in total. The normalized spacial score (nSPS) is 28.2. The number of carbonyl (C=O) groups excluding carboxylic acids is 1. The van der Waals surface area contributed by atoms with Crippen LogP contribution >= 0.6 is 0 Å². The third kappa shape index (κ3) is 3.76. The van der Waals surface area contributed by atoms with Crippen molar-refractivity contribution >= 4 is 11.6 Å². The number of nitrogens with one attached hydrogen (secondary N) is 1. The summed E-state index contributed by atoms with van der Waals surface area (Å²) in [6.07, 6.45) is 5.12. The van der Waals surface area contributed by atoms with Crippen LogP contribution in [0.25, 0.3) is 0 Å². The number of amides is 1. The van der Waals surface area contributed by atoms with Crippen LogP contribution in [0, 0.1) is 27.9 Å². The zero-order valence-corrected chi connectivity index (χ0v) is 14.4. The van der Waals surface area contributed by atoms with Gasteiger partial charge in [-0.2, -0.15) is 0 Å². The highest BCUT2D eigenvalue weighted by Gasteiger charge is 2.40. The Balaban J connectivity index is 1.64. The monoisotopic (exact) mass is 347 g/mol. The van der Waals surface area contributed by atoms with Crippen molar-refractivity contribution < 1.29 is 14.5 Å². The summed E-state index contributed by atoms with van der Waals surface area (Å²) >= 11 is 0. The molecular formula is C18H25N3O4. The van der Waals surface area contributed by atoms with Gasteiger partial charge in [-0.1, -0.05) is 6.42 Å². The van der Waals surface area contributed by atoms with Crippen molar-refractivity contribution in [1.82, 2.24) is 5.32 Å². The SMILES string of the molecule is COc1ccc([N+](=O)[O-])cc1CNC(=O)C1CC2CCCC(C1)C2N. The number of nitro groups is 1. The van der Waals surface area contributed by atoms with Crippen molar-refractivity contribution in [3.05, 3.63) is 33.9 Å². The first-order valence-electron chi connectivity index (χ1n) is 8.84. The maximum Gasteiger partial charge on any atom is 0.270 e. The van der Waals surface area contributed by atoms with Crippen LogP contribution in [0.3, 0.4) is 0 Å². The summed E-state index contributed by atoms with van der Waals surface area (Å²) < 4.78 is 5.24. The first-order valence-corrected chi connectivity index (χ1v) is 8.84. The summed E-state index contributed by atoms with van der Waals surface area (Å²) in [6, 6.07) is 4.64. The summed E-state index contributed by atoms with van der Waals surface area (Å²) in [5.41, 5.74) is 6.88. The van der Waals surface area contributed by atoms with Gasteiger partial charge in [0.25, 0.3) is 5.69 Å². The molecule has 3 rings (SSSR count). The molecule has 2 atom stereocenters. The van der Waals surface area contributed by atoms with Gasteiger partial charge in [0.1, 0.15) is 5.75 Å². The third-order valence-corrected chi connectivity index (χ3v) is 5.71. The maximum absolute atomic E-state index is 12.6. The van der Waals surface area contributed by atoms with E-state index in [0.29, 0.717) is 23.1 Å². The fourth-order valence-corrected chi connectivity index (χ4v) is 4.35. The molecule has 25 heavy (non-hydrogen) atoms. The number of benzene rings is 1. The highest BCUT2D eigenvalue weighted by Crippen LogP contribution is 2.41. The number of rotatable bonds is 5. The molecule has 0 aliphatic heterocycles. The van der Waals surface area contributed by atoms with E-state index in [4.69, 9.17) is 10.5 Å². The van der Waals surface area contributed by atoms with E-state index in [-0.39, 0.29) is 30.1 Å². The lowest BCUT2D eigenvalue weighted by Gasteiger charge is -2.43. The van der Waals surface area contributed by atoms with E-state index in [1.165, 1.54) is 25.7 Å². The zero-order chi connectivity index (χ0) is 18.0. The number of nitrogens with two attached hydrogens (primary N) is 1. The van der Waals surface area contributed by atoms with Gasteiger partial charge in [0.05, 0.1) is 12.0 Å². The van der Waals surface area contributed by atoms with Crippen molar-refractivity contribution in [2.24, 2.45) is 23.5 Å². The Morgan fingerprint density at radius 3 is 2.64 bits per heavy atom. The Morgan fingerprint density at radius 1 is 1.36 bits per heavy atom. The highest BCUT2D eigenvalue weighted by molar-refractivity contribution is 5.79. The first-order chi connectivity index (χ1) is 12.0. The number of non-ortho nitro benzene ring substituents is 1. The predicted octanol–water partition coefficient (Wildman–Crippen LogP) is 2.37. The van der Waals surface area contributed by atoms with Gasteiger partial charge < -0.3 is 15.8 Å². The molecule has 1 amide bonds. The molecule has 3 N–H and O–H groups in total. The third-order valence-electron chi connectivity index (χ3n) is 5.71. The van der Waals surface area contributed by atoms with E-state index in [2.05, 4.69) is 5.32 Å². The molecule has 136 valence electrons. The summed E-state index contributed by atoms with van der Waals surface area (Å²) in [6.45, 7) is 0.224. The molecule has 2 aliphatic carbocycles. The standard InChI is InChI=1S/C18H25N3O4/c1-25-16-6-5-15(21(23)24)9-14(16)10-20-18(22)13-7-11-3-2-4-12(8-13)17(11)19/h5-6,9,11-13,17H,2-4,7-8,10,19H2,1H3,(H,20,22). The second-order valence-electron chi connectivity index (χ2n) is 7.17. The topological polar surface area (TPSA) is 107 Å². The largest absolute Gasteiger partial charge is 0.496 e. The lowest BCUT2D eigenvalue weighted by Crippen LogP contribution is -2.49. The molecule has 0 heterocycles. The Morgan fingerprint density at radius 2 is 2.04 bits per heavy atom. The van der Waals surface area contributed by atoms with Crippen molar-refractivity contribution in [2.75, 3.05) is 7.11 Å². The number of ether oxygens (including phenoxy) is 1. The van der Waals surface area contributed by atoms with Crippen molar-refractivity contribution in [3.63, 3.8) is 0 Å². The number of methoxy groups -OCH3 is 1. The van der Waals surface area contributed by atoms with Crippen LogP contribution in [-0.4, -0.2) is 24.0 Å². The van der Waals surface area contributed by atoms with Crippen LogP contribution in [0.15, 0.2) is 18.2 Å². The number of fused-ring (bicyclic) bond motifs is 2. The van der Waals surface area contributed by atoms with Crippen molar-refractivity contribution in [1.29, 1.82) is 0 Å². The molecule has 0 spiro atoms. The molecule has 1 aromatic rings. The molecule has 2 bridgehead atoms. The fraction of sp³-hybridized carbons (Fsp3) is 0.611. The Labute approximate surface area is 147 Å². The second kappa shape index (κ2) is 7.39. The van der Waals surface area contributed by atoms with E-state index in [1.807, 2.05) is 0 Å². The van der Waals surface area contributed by atoms with Gasteiger partial charge in [0.2, 0.25) is 5.91 Å². The molecule has 2 saturated carbocycles. The van der Waals surface area contributed by atoms with Crippen LogP contribution < -0.4 is 15.8 Å². The first kappa shape index (κ1) is 17.7. The molecular weight excluding hydrogens is 322 g/mol. The molecule has 2 fully saturated rings. The van der Waals surface area contributed by atoms with E-state index in [0.717, 1.165) is 25.7 Å². The molecule has 0 saturated heterocycles. The quantitative estimate of drug-likeness (QED) is 0.628. The maximum atomic E-state index is 12.6. The van der Waals surface area contributed by atoms with Crippen LogP contribution in [0.1, 0.15) is 37.7 Å². The van der Waals surface area contributed by atoms with Gasteiger partial charge in [-0.3, -0.25) is 14.9 Å². The molecule has 1 aromatic carbocycles. The van der Waals surface area contributed by atoms with E-state index < -0.39 is 4.92 Å². The summed E-state index contributed by atoms with van der Waals surface area (Å²) in [4.78, 5) is 23.1. The molecule has 7 heteroatoms. The fourth-order valence-electron chi connectivity index (χ4n) is 4.35. The Hall–Kier alpha value is -2.15. The highest BCUT2D eigenvalue weighted by atomic mass is 16.6. The Bertz CT molecular complexity index is 650. The van der Waals surface area contributed by atoms with Gasteiger partial charge >= 0.3 is 0 Å².